The molecule has 11 heteroatoms. The smallest absolute Gasteiger partial charge is 0.462 e. The summed E-state index contributed by atoms with van der Waals surface area (Å²) >= 11 is 0. The van der Waals surface area contributed by atoms with Crippen LogP contribution >= 0.6 is 7.82 Å². The van der Waals surface area contributed by atoms with Crippen LogP contribution in [0.1, 0.15) is 149 Å². The quantitative estimate of drug-likeness (QED) is 0.0257. The van der Waals surface area contributed by atoms with Gasteiger partial charge in [0.1, 0.15) is 12.7 Å². The zero-order chi connectivity index (χ0) is 35.6. The molecule has 0 rings (SSSR count). The molecular weight excluding hydrogens is 635 g/mol. The van der Waals surface area contributed by atoms with E-state index in [4.69, 9.17) is 19.1 Å². The molecule has 0 bridgehead atoms. The molecule has 0 amide bonds. The molecule has 0 aliphatic rings. The summed E-state index contributed by atoms with van der Waals surface area (Å²) in [4.78, 5) is 34.7. The van der Waals surface area contributed by atoms with Crippen molar-refractivity contribution < 1.29 is 47.8 Å². The maximum absolute atomic E-state index is 12.5. The highest BCUT2D eigenvalue weighted by Gasteiger charge is 2.27. The van der Waals surface area contributed by atoms with Crippen molar-refractivity contribution in [2.75, 3.05) is 26.4 Å². The van der Waals surface area contributed by atoms with Gasteiger partial charge < -0.3 is 24.6 Å². The van der Waals surface area contributed by atoms with E-state index in [1.165, 1.54) is 19.3 Å². The van der Waals surface area contributed by atoms with Gasteiger partial charge in [0.25, 0.3) is 0 Å². The van der Waals surface area contributed by atoms with E-state index in [1.54, 1.807) is 0 Å². The van der Waals surface area contributed by atoms with Crippen LogP contribution in [0.25, 0.3) is 0 Å². The fourth-order valence-electron chi connectivity index (χ4n) is 4.61. The van der Waals surface area contributed by atoms with Crippen molar-refractivity contribution in [2.24, 2.45) is 0 Å². The van der Waals surface area contributed by atoms with Gasteiger partial charge >= 0.3 is 19.8 Å². The van der Waals surface area contributed by atoms with Crippen LogP contribution in [0.4, 0.5) is 0 Å². The van der Waals surface area contributed by atoms with Gasteiger partial charge in [-0.15, -0.1) is 0 Å². The second kappa shape index (κ2) is 33.7. The highest BCUT2D eigenvalue weighted by Crippen LogP contribution is 2.43. The molecule has 0 saturated heterocycles. The van der Waals surface area contributed by atoms with E-state index in [9.17, 15) is 24.2 Å². The van der Waals surface area contributed by atoms with Gasteiger partial charge in [-0.1, -0.05) is 108 Å². The highest BCUT2D eigenvalue weighted by atomic mass is 31.2. The van der Waals surface area contributed by atoms with E-state index in [0.29, 0.717) is 12.8 Å². The Bertz CT molecular complexity index is 905. The average molecular weight is 703 g/mol. The second-order valence-corrected chi connectivity index (χ2v) is 13.7. The van der Waals surface area contributed by atoms with Crippen molar-refractivity contribution in [2.45, 2.75) is 161 Å². The maximum atomic E-state index is 12.5. The third-order valence-corrected chi connectivity index (χ3v) is 8.45. The van der Waals surface area contributed by atoms with Crippen LogP contribution < -0.4 is 0 Å². The summed E-state index contributed by atoms with van der Waals surface area (Å²) in [5.41, 5.74) is 0. The van der Waals surface area contributed by atoms with Crippen molar-refractivity contribution in [3.63, 3.8) is 0 Å². The first-order chi connectivity index (χ1) is 23.2. The first-order valence-corrected chi connectivity index (χ1v) is 19.9. The van der Waals surface area contributed by atoms with Gasteiger partial charge in [0, 0.05) is 12.8 Å². The molecule has 0 aliphatic heterocycles. The normalized spacial score (nSPS) is 14.5. The Labute approximate surface area is 291 Å². The number of aliphatic hydroxyl groups excluding tert-OH is 2. The monoisotopic (exact) mass is 702 g/mol. The average Bonchev–Trinajstić information content (AvgIpc) is 3.07. The number of phosphoric ester groups is 1. The Hall–Kier alpha value is -1.81. The molecule has 0 heterocycles. The minimum Gasteiger partial charge on any atom is -0.462 e. The lowest BCUT2D eigenvalue weighted by Crippen LogP contribution is -2.29. The Morgan fingerprint density at radius 2 is 1.12 bits per heavy atom. The number of hydrogen-bond donors (Lipinski definition) is 3. The van der Waals surface area contributed by atoms with E-state index < -0.39 is 51.8 Å². The van der Waals surface area contributed by atoms with Crippen LogP contribution in [-0.4, -0.2) is 65.7 Å². The lowest BCUT2D eigenvalue weighted by atomic mass is 10.1. The van der Waals surface area contributed by atoms with E-state index in [0.717, 1.165) is 89.9 Å². The molecule has 0 spiro atoms. The fraction of sp³-hybridized carbons (Fsp3) is 0.784. The van der Waals surface area contributed by atoms with Crippen LogP contribution in [0.2, 0.25) is 0 Å². The van der Waals surface area contributed by atoms with Crippen molar-refractivity contribution in [3.05, 3.63) is 36.5 Å². The second-order valence-electron chi connectivity index (χ2n) is 12.2. The Balaban J connectivity index is 4.42. The number of esters is 2. The Morgan fingerprint density at radius 1 is 0.625 bits per heavy atom. The molecule has 280 valence electrons. The number of unbranched alkanes of at least 4 members (excludes halogenated alkanes) is 14. The number of phosphoric acid groups is 1. The van der Waals surface area contributed by atoms with Gasteiger partial charge in [0.15, 0.2) is 6.10 Å². The van der Waals surface area contributed by atoms with Gasteiger partial charge in [-0.05, 0) is 64.2 Å². The summed E-state index contributed by atoms with van der Waals surface area (Å²) in [6.45, 7) is 2.23. The van der Waals surface area contributed by atoms with Crippen molar-refractivity contribution in [1.29, 1.82) is 0 Å². The third kappa shape index (κ3) is 32.7. The van der Waals surface area contributed by atoms with Crippen LogP contribution in [0.3, 0.4) is 0 Å². The molecule has 10 nitrogen and oxygen atoms in total. The largest absolute Gasteiger partial charge is 0.472 e. The van der Waals surface area contributed by atoms with E-state index in [2.05, 4.69) is 54.8 Å². The summed E-state index contributed by atoms with van der Waals surface area (Å²) in [5, 5.41) is 18.2. The number of ether oxygens (including phenoxy) is 2. The predicted octanol–water partition coefficient (Wildman–Crippen LogP) is 8.83. The zero-order valence-electron chi connectivity index (χ0n) is 29.9. The van der Waals surface area contributed by atoms with Crippen molar-refractivity contribution >= 4 is 19.8 Å². The number of hydrogen-bond acceptors (Lipinski definition) is 9. The molecule has 3 atom stereocenters. The summed E-state index contributed by atoms with van der Waals surface area (Å²) < 4.78 is 32.5. The molecule has 0 aromatic heterocycles. The highest BCUT2D eigenvalue weighted by molar-refractivity contribution is 7.47. The molecule has 0 aromatic rings. The topological polar surface area (TPSA) is 149 Å². The number of aliphatic hydroxyl groups is 2. The van der Waals surface area contributed by atoms with E-state index in [1.807, 2.05) is 0 Å². The van der Waals surface area contributed by atoms with Gasteiger partial charge in [0.2, 0.25) is 0 Å². The minimum atomic E-state index is -4.61. The number of carbonyl (C=O) groups is 2. The van der Waals surface area contributed by atoms with Crippen LogP contribution in [0.5, 0.6) is 0 Å². The fourth-order valence-corrected chi connectivity index (χ4v) is 5.40. The molecule has 0 fully saturated rings. The Morgan fingerprint density at radius 3 is 1.71 bits per heavy atom. The maximum Gasteiger partial charge on any atom is 0.472 e. The summed E-state index contributed by atoms with van der Waals surface area (Å²) in [6, 6.07) is 0. The summed E-state index contributed by atoms with van der Waals surface area (Å²) in [5.74, 6) is -0.957. The molecule has 0 radical (unpaired) electrons. The molecule has 0 aliphatic carbocycles. The summed E-state index contributed by atoms with van der Waals surface area (Å²) in [6.07, 6.45) is 31.2. The third-order valence-electron chi connectivity index (χ3n) is 7.50. The molecule has 0 aromatic carbocycles. The molecule has 3 unspecified atom stereocenters. The number of allylic oxidation sites excluding steroid dienone is 6. The molecule has 0 saturated carbocycles. The first kappa shape index (κ1) is 46.2. The lowest BCUT2D eigenvalue weighted by Gasteiger charge is -2.20. The molecular formula is C37H67O10P. The Kier molecular flexibility index (Phi) is 32.4. The molecule has 3 N–H and O–H groups in total. The zero-order valence-corrected chi connectivity index (χ0v) is 30.8. The summed E-state index contributed by atoms with van der Waals surface area (Å²) in [7, 11) is -4.61. The first-order valence-electron chi connectivity index (χ1n) is 18.4. The number of carbonyl (C=O) groups excluding carboxylic acids is 2. The van der Waals surface area contributed by atoms with Crippen molar-refractivity contribution in [1.82, 2.24) is 0 Å². The number of rotatable bonds is 34. The van der Waals surface area contributed by atoms with Gasteiger partial charge in [0.05, 0.1) is 19.8 Å². The van der Waals surface area contributed by atoms with Crippen molar-refractivity contribution in [3.8, 4) is 0 Å². The molecule has 48 heavy (non-hydrogen) atoms. The van der Waals surface area contributed by atoms with E-state index >= 15 is 0 Å². The van der Waals surface area contributed by atoms with Gasteiger partial charge in [-0.2, -0.15) is 0 Å². The minimum absolute atomic E-state index is 0.166. The van der Waals surface area contributed by atoms with Gasteiger partial charge in [-0.3, -0.25) is 18.6 Å². The lowest BCUT2D eigenvalue weighted by molar-refractivity contribution is -0.161. The van der Waals surface area contributed by atoms with Crippen LogP contribution in [0.15, 0.2) is 36.5 Å². The van der Waals surface area contributed by atoms with Gasteiger partial charge in [-0.25, -0.2) is 4.57 Å². The van der Waals surface area contributed by atoms with Crippen LogP contribution in [-0.2, 0) is 32.7 Å². The van der Waals surface area contributed by atoms with E-state index in [-0.39, 0.29) is 19.4 Å². The standard InChI is InChI=1S/C37H67O10P/c1-3-5-7-9-11-13-15-16-17-18-19-21-23-25-27-29-37(41)47-35(33-46-48(42,43)45-31-34(39)30-38)32-44-36(40)28-26-24-22-20-14-12-10-8-6-4-2/h8,10-11,13,16-17,34-35,38-39H,3-7,9,12,14-15,18-33H2,1-2H3,(H,42,43)/b10-8-,13-11-,17-16-. The predicted molar refractivity (Wildman–Crippen MR) is 191 cm³/mol. The SMILES string of the molecule is CCC/C=C\CCCCCCCC(=O)OCC(COP(=O)(O)OCC(O)CO)OC(=O)CCCCCCC/C=C\C/C=C\CCCCC. The van der Waals surface area contributed by atoms with Crippen LogP contribution in [0, 0.1) is 0 Å².